The van der Waals surface area contributed by atoms with E-state index in [4.69, 9.17) is 4.74 Å². The molecule has 1 amide bonds. The monoisotopic (exact) mass is 232 g/mol. The van der Waals surface area contributed by atoms with E-state index in [1.165, 1.54) is 6.08 Å². The van der Waals surface area contributed by atoms with Crippen LogP contribution in [-0.2, 0) is 11.2 Å². The van der Waals surface area contributed by atoms with Gasteiger partial charge in [-0.3, -0.25) is 5.32 Å². The molecule has 1 rings (SSSR count). The fourth-order valence-corrected chi connectivity index (χ4v) is 1.47. The molecule has 0 aliphatic heterocycles. The molecular weight excluding hydrogens is 214 g/mol. The van der Waals surface area contributed by atoms with Gasteiger partial charge in [-0.1, -0.05) is 32.6 Å². The molecule has 1 aromatic carbocycles. The van der Waals surface area contributed by atoms with Gasteiger partial charge in [0.15, 0.2) is 0 Å². The third-order valence-electron chi connectivity index (χ3n) is 2.07. The standard InChI is InChI=1S/C14H18NO2/c1-4-8-17-14(16)15-13-7-5-6-12(10-13)9-11(2)3/h4,6-7,10-11H,1,8-9H2,2-3H3,(H,15,16). The summed E-state index contributed by atoms with van der Waals surface area (Å²) in [7, 11) is 0. The molecule has 0 unspecified atom stereocenters. The molecular formula is C14H18NO2. The van der Waals surface area contributed by atoms with Gasteiger partial charge in [0.05, 0.1) is 0 Å². The average molecular weight is 232 g/mol. The number of anilines is 1. The van der Waals surface area contributed by atoms with E-state index in [2.05, 4.69) is 31.8 Å². The van der Waals surface area contributed by atoms with Crippen molar-refractivity contribution in [3.8, 4) is 0 Å². The van der Waals surface area contributed by atoms with E-state index >= 15 is 0 Å². The number of ether oxygens (including phenoxy) is 1. The molecule has 0 saturated heterocycles. The van der Waals surface area contributed by atoms with Crippen molar-refractivity contribution in [2.75, 3.05) is 11.9 Å². The second kappa shape index (κ2) is 6.74. The molecule has 0 heterocycles. The molecule has 0 saturated carbocycles. The minimum Gasteiger partial charge on any atom is -0.445 e. The molecule has 0 aliphatic carbocycles. The summed E-state index contributed by atoms with van der Waals surface area (Å²) in [6, 6.07) is 8.59. The summed E-state index contributed by atoms with van der Waals surface area (Å²) in [5.41, 5.74) is 1.86. The van der Waals surface area contributed by atoms with Crippen LogP contribution in [0.5, 0.6) is 0 Å². The van der Waals surface area contributed by atoms with Crippen LogP contribution in [0.15, 0.2) is 30.9 Å². The first-order chi connectivity index (χ1) is 8.11. The molecule has 1 radical (unpaired) electrons. The van der Waals surface area contributed by atoms with Crippen LogP contribution in [0.25, 0.3) is 0 Å². The molecule has 1 N–H and O–H groups in total. The van der Waals surface area contributed by atoms with E-state index in [-0.39, 0.29) is 6.61 Å². The van der Waals surface area contributed by atoms with Gasteiger partial charge in [-0.05, 0) is 36.1 Å². The van der Waals surface area contributed by atoms with E-state index in [0.717, 1.165) is 12.0 Å². The highest BCUT2D eigenvalue weighted by atomic mass is 16.5. The summed E-state index contributed by atoms with van der Waals surface area (Å²) in [6.07, 6.45) is 2.02. The third-order valence-corrected chi connectivity index (χ3v) is 2.07. The molecule has 17 heavy (non-hydrogen) atoms. The number of rotatable bonds is 5. The first kappa shape index (κ1) is 13.3. The van der Waals surface area contributed by atoms with Crippen LogP contribution in [0.3, 0.4) is 0 Å². The smallest absolute Gasteiger partial charge is 0.411 e. The van der Waals surface area contributed by atoms with Crippen LogP contribution in [0, 0.1) is 12.0 Å². The van der Waals surface area contributed by atoms with Crippen molar-refractivity contribution >= 4 is 11.8 Å². The number of nitrogens with one attached hydrogen (secondary N) is 1. The fourth-order valence-electron chi connectivity index (χ4n) is 1.47. The Morgan fingerprint density at radius 1 is 1.59 bits per heavy atom. The Morgan fingerprint density at radius 3 is 3.00 bits per heavy atom. The van der Waals surface area contributed by atoms with E-state index in [1.807, 2.05) is 12.1 Å². The maximum absolute atomic E-state index is 11.3. The lowest BCUT2D eigenvalue weighted by molar-refractivity contribution is 0.174. The number of hydrogen-bond acceptors (Lipinski definition) is 2. The van der Waals surface area contributed by atoms with Crippen molar-refractivity contribution in [1.82, 2.24) is 0 Å². The molecule has 0 aromatic heterocycles. The van der Waals surface area contributed by atoms with Gasteiger partial charge in [-0.2, -0.15) is 0 Å². The Morgan fingerprint density at radius 2 is 2.35 bits per heavy atom. The van der Waals surface area contributed by atoms with Crippen LogP contribution in [0.1, 0.15) is 19.4 Å². The Hall–Kier alpha value is -1.77. The number of carbonyl (C=O) groups excluding carboxylic acids is 1. The average Bonchev–Trinajstić information content (AvgIpc) is 2.26. The normalized spacial score (nSPS) is 10.1. The van der Waals surface area contributed by atoms with Crippen LogP contribution in [0.4, 0.5) is 10.5 Å². The minimum absolute atomic E-state index is 0.210. The predicted molar refractivity (Wildman–Crippen MR) is 69.0 cm³/mol. The highest BCUT2D eigenvalue weighted by Gasteiger charge is 2.03. The molecule has 0 bridgehead atoms. The van der Waals surface area contributed by atoms with Gasteiger partial charge in [0.2, 0.25) is 0 Å². The summed E-state index contributed by atoms with van der Waals surface area (Å²) in [5.74, 6) is 0.575. The van der Waals surface area contributed by atoms with E-state index in [9.17, 15) is 4.79 Å². The van der Waals surface area contributed by atoms with Gasteiger partial charge in [0.25, 0.3) is 0 Å². The van der Waals surface area contributed by atoms with E-state index in [0.29, 0.717) is 11.6 Å². The number of amides is 1. The summed E-state index contributed by atoms with van der Waals surface area (Å²) >= 11 is 0. The van der Waals surface area contributed by atoms with Gasteiger partial charge >= 0.3 is 6.09 Å². The Labute approximate surface area is 102 Å². The zero-order valence-electron chi connectivity index (χ0n) is 10.3. The number of benzene rings is 1. The topological polar surface area (TPSA) is 38.3 Å². The summed E-state index contributed by atoms with van der Waals surface area (Å²) in [4.78, 5) is 11.3. The summed E-state index contributed by atoms with van der Waals surface area (Å²) < 4.78 is 4.83. The second-order valence-electron chi connectivity index (χ2n) is 4.24. The summed E-state index contributed by atoms with van der Waals surface area (Å²) in [6.45, 7) is 7.99. The van der Waals surface area contributed by atoms with Crippen molar-refractivity contribution in [2.24, 2.45) is 5.92 Å². The third kappa shape index (κ3) is 5.20. The van der Waals surface area contributed by atoms with Gasteiger partial charge < -0.3 is 4.74 Å². The molecule has 91 valence electrons. The van der Waals surface area contributed by atoms with Crippen molar-refractivity contribution in [1.29, 1.82) is 0 Å². The molecule has 3 nitrogen and oxygen atoms in total. The highest BCUT2D eigenvalue weighted by Crippen LogP contribution is 2.14. The van der Waals surface area contributed by atoms with Crippen LogP contribution in [-0.4, -0.2) is 12.7 Å². The van der Waals surface area contributed by atoms with Crippen LogP contribution < -0.4 is 5.32 Å². The number of carbonyl (C=O) groups is 1. The Kier molecular flexibility index (Phi) is 5.27. The highest BCUT2D eigenvalue weighted by molar-refractivity contribution is 5.84. The van der Waals surface area contributed by atoms with Gasteiger partial charge in [-0.25, -0.2) is 4.79 Å². The lowest BCUT2D eigenvalue weighted by Crippen LogP contribution is -2.13. The molecule has 0 spiro atoms. The predicted octanol–water partition coefficient (Wildman–Crippen LogP) is 3.42. The minimum atomic E-state index is -0.472. The van der Waals surface area contributed by atoms with Gasteiger partial charge in [-0.15, -0.1) is 0 Å². The Balaban J connectivity index is 2.58. The lowest BCUT2D eigenvalue weighted by Gasteiger charge is -2.08. The van der Waals surface area contributed by atoms with Crippen LogP contribution >= 0.6 is 0 Å². The SMILES string of the molecule is C=CCOC(=O)Nc1c[c]cc(CC(C)C)c1. The molecule has 0 fully saturated rings. The Bertz CT molecular complexity index is 386. The van der Waals surface area contributed by atoms with Crippen molar-refractivity contribution < 1.29 is 9.53 Å². The fraction of sp³-hybridized carbons (Fsp3) is 0.357. The van der Waals surface area contributed by atoms with E-state index < -0.39 is 6.09 Å². The van der Waals surface area contributed by atoms with Gasteiger partial charge in [0, 0.05) is 5.69 Å². The van der Waals surface area contributed by atoms with Crippen molar-refractivity contribution in [2.45, 2.75) is 20.3 Å². The zero-order chi connectivity index (χ0) is 12.7. The molecule has 0 aliphatic rings. The van der Waals surface area contributed by atoms with Crippen molar-refractivity contribution in [3.63, 3.8) is 0 Å². The maximum Gasteiger partial charge on any atom is 0.411 e. The largest absolute Gasteiger partial charge is 0.445 e. The van der Waals surface area contributed by atoms with Crippen LogP contribution in [0.2, 0.25) is 0 Å². The van der Waals surface area contributed by atoms with Gasteiger partial charge in [0.1, 0.15) is 6.61 Å². The molecule has 1 aromatic rings. The molecule has 0 atom stereocenters. The second-order valence-corrected chi connectivity index (χ2v) is 4.24. The first-order valence-corrected chi connectivity index (χ1v) is 5.66. The number of hydrogen-bond donors (Lipinski definition) is 1. The quantitative estimate of drug-likeness (QED) is 0.790. The molecule has 3 heteroatoms. The zero-order valence-corrected chi connectivity index (χ0v) is 10.3. The van der Waals surface area contributed by atoms with E-state index in [1.54, 1.807) is 6.07 Å². The van der Waals surface area contributed by atoms with Crippen molar-refractivity contribution in [3.05, 3.63) is 42.5 Å². The lowest BCUT2D eigenvalue weighted by atomic mass is 10.0. The summed E-state index contributed by atoms with van der Waals surface area (Å²) in [5, 5.41) is 2.65. The first-order valence-electron chi connectivity index (χ1n) is 5.66. The maximum atomic E-state index is 11.3.